The molecule has 13 nitrogen and oxygen atoms in total. The Morgan fingerprint density at radius 1 is 0.688 bits per heavy atom. The Morgan fingerprint density at radius 3 is 1.50 bits per heavy atom. The lowest BCUT2D eigenvalue weighted by molar-refractivity contribution is -0.829. The van der Waals surface area contributed by atoms with Gasteiger partial charge in [0, 0.05) is 20.2 Å². The molecule has 0 aromatic heterocycles. The van der Waals surface area contributed by atoms with Crippen molar-refractivity contribution in [1.82, 2.24) is 0 Å². The predicted octanol–water partition coefficient (Wildman–Crippen LogP) is 5.01. The Hall–Kier alpha value is -0.670. The maximum Gasteiger partial charge on any atom is 0.466 e. The molecule has 0 amide bonds. The molecule has 14 heteroatoms. The van der Waals surface area contributed by atoms with Gasteiger partial charge in [-0.05, 0) is 27.5 Å². The molecule has 3 N–H and O–H groups in total. The third-order valence-corrected chi connectivity index (χ3v) is 3.83. The van der Waals surface area contributed by atoms with Gasteiger partial charge in [0.25, 0.3) is 0 Å². The molecule has 0 aliphatic heterocycles. The van der Waals surface area contributed by atoms with E-state index in [1.54, 1.807) is 0 Å². The lowest BCUT2D eigenvalue weighted by Gasteiger charge is -2.05. The number of phosphoric acid groups is 1. The van der Waals surface area contributed by atoms with E-state index in [0.29, 0.717) is 6.61 Å². The lowest BCUT2D eigenvalue weighted by Crippen LogP contribution is -2.02. The summed E-state index contributed by atoms with van der Waals surface area (Å²) in [4.78, 5) is 30.3. The molecule has 32 heavy (non-hydrogen) atoms. The highest BCUT2D eigenvalue weighted by atomic mass is 31.2. The first-order chi connectivity index (χ1) is 15.3. The average Bonchev–Trinajstić information content (AvgIpc) is 2.70. The monoisotopic (exact) mass is 494 g/mol. The fourth-order valence-corrected chi connectivity index (χ4v) is 2.46. The molecule has 0 heterocycles. The second kappa shape index (κ2) is 26.6. The maximum atomic E-state index is 8.88. The summed E-state index contributed by atoms with van der Waals surface area (Å²) >= 11 is 0. The van der Waals surface area contributed by atoms with E-state index >= 15 is 0 Å². The van der Waals surface area contributed by atoms with Gasteiger partial charge in [-0.25, -0.2) is 9.45 Å². The molecule has 0 fully saturated rings. The number of unbranched alkanes of at least 4 members (excludes halogenated alkanes) is 10. The molecular formula is C18H39O13P. The van der Waals surface area contributed by atoms with Gasteiger partial charge in [-0.3, -0.25) is 0 Å². The second-order valence-electron chi connectivity index (χ2n) is 7.15. The standard InChI is InChI=1S/C18H36O9.H3O4P/c1-4-19-21-23-25-27-26-24-22-20-17-15-13-11-9-7-5-6-8-10-12-14-16-18(2)3;1-5(2,3)4/h4,18H,1,5-17H2,2-3H3;(H3,1,2,3,4). The fourth-order valence-electron chi connectivity index (χ4n) is 2.46. The first-order valence-corrected chi connectivity index (χ1v) is 12.2. The highest BCUT2D eigenvalue weighted by Crippen LogP contribution is 2.25. The zero-order chi connectivity index (χ0) is 24.3. The summed E-state index contributed by atoms with van der Waals surface area (Å²) in [6.45, 7) is 8.14. The van der Waals surface area contributed by atoms with Gasteiger partial charge >= 0.3 is 7.82 Å². The van der Waals surface area contributed by atoms with E-state index in [-0.39, 0.29) is 0 Å². The summed E-state index contributed by atoms with van der Waals surface area (Å²) in [6.07, 6.45) is 16.3. The van der Waals surface area contributed by atoms with Crippen LogP contribution < -0.4 is 0 Å². The van der Waals surface area contributed by atoms with Crippen LogP contribution in [0.15, 0.2) is 12.8 Å². The Morgan fingerprint density at radius 2 is 1.06 bits per heavy atom. The van der Waals surface area contributed by atoms with Gasteiger partial charge < -0.3 is 19.6 Å². The minimum absolute atomic E-state index is 0.382. The normalized spacial score (nSPS) is 11.3. The molecule has 0 saturated carbocycles. The second-order valence-corrected chi connectivity index (χ2v) is 8.17. The quantitative estimate of drug-likeness (QED) is 0.0572. The first-order valence-electron chi connectivity index (χ1n) is 10.6. The molecule has 0 rings (SSSR count). The molecular weight excluding hydrogens is 455 g/mol. The SMILES string of the molecule is C=COOOOOOOOOCCCCCCCCCCCCCC(C)C.O=P(O)(O)O. The van der Waals surface area contributed by atoms with Crippen LogP contribution in [-0.4, -0.2) is 21.3 Å². The van der Waals surface area contributed by atoms with Gasteiger partial charge in [0.1, 0.15) is 6.26 Å². The molecule has 0 aromatic carbocycles. The average molecular weight is 494 g/mol. The molecule has 0 aliphatic rings. The first kappa shape index (κ1) is 33.5. The van der Waals surface area contributed by atoms with E-state index < -0.39 is 7.82 Å². The van der Waals surface area contributed by atoms with Gasteiger partial charge in [0.2, 0.25) is 0 Å². The molecule has 0 unspecified atom stereocenters. The third kappa shape index (κ3) is 43.2. The number of hydrogen-bond donors (Lipinski definition) is 3. The van der Waals surface area contributed by atoms with Crippen molar-refractivity contribution in [3.8, 4) is 0 Å². The molecule has 0 saturated heterocycles. The van der Waals surface area contributed by atoms with Crippen LogP contribution in [0, 0.1) is 5.92 Å². The smallest absolute Gasteiger partial charge is 0.315 e. The zero-order valence-corrected chi connectivity index (χ0v) is 19.8. The van der Waals surface area contributed by atoms with Crippen LogP contribution in [0.2, 0.25) is 0 Å². The van der Waals surface area contributed by atoms with Crippen LogP contribution in [-0.2, 0) is 49.6 Å². The van der Waals surface area contributed by atoms with Gasteiger partial charge in [0.15, 0.2) is 0 Å². The van der Waals surface area contributed by atoms with Crippen LogP contribution in [0.3, 0.4) is 0 Å². The molecule has 0 aromatic rings. The van der Waals surface area contributed by atoms with Gasteiger partial charge in [-0.1, -0.05) is 91.1 Å². The van der Waals surface area contributed by atoms with E-state index in [2.05, 4.69) is 60.6 Å². The summed E-state index contributed by atoms with van der Waals surface area (Å²) in [5.41, 5.74) is 0. The maximum absolute atomic E-state index is 8.88. The minimum Gasteiger partial charge on any atom is -0.315 e. The molecule has 0 atom stereocenters. The summed E-state index contributed by atoms with van der Waals surface area (Å²) in [5.74, 6) is 0.843. The van der Waals surface area contributed by atoms with Crippen LogP contribution in [0.4, 0.5) is 0 Å². The number of rotatable bonds is 23. The molecule has 0 bridgehead atoms. The van der Waals surface area contributed by atoms with Crippen molar-refractivity contribution in [3.63, 3.8) is 0 Å². The zero-order valence-electron chi connectivity index (χ0n) is 18.9. The van der Waals surface area contributed by atoms with E-state index in [1.165, 1.54) is 64.2 Å². The molecule has 0 spiro atoms. The van der Waals surface area contributed by atoms with Crippen molar-refractivity contribution in [3.05, 3.63) is 12.8 Å². The van der Waals surface area contributed by atoms with Crippen LogP contribution in [0.25, 0.3) is 0 Å². The molecule has 0 radical (unpaired) electrons. The topological polar surface area (TPSA) is 161 Å². The van der Waals surface area contributed by atoms with Crippen LogP contribution in [0.1, 0.15) is 90.9 Å². The fraction of sp³-hybridized carbons (Fsp3) is 0.889. The van der Waals surface area contributed by atoms with Crippen molar-refractivity contribution < 1.29 is 64.3 Å². The Kier molecular flexibility index (Phi) is 27.8. The van der Waals surface area contributed by atoms with Gasteiger partial charge in [0.05, 0.1) is 6.61 Å². The van der Waals surface area contributed by atoms with Crippen LogP contribution in [0.5, 0.6) is 0 Å². The van der Waals surface area contributed by atoms with E-state index in [1.807, 2.05) is 0 Å². The minimum atomic E-state index is -4.64. The van der Waals surface area contributed by atoms with Gasteiger partial charge in [-0.15, -0.1) is 0 Å². The Bertz CT molecular complexity index is 411. The van der Waals surface area contributed by atoms with Crippen molar-refractivity contribution in [2.24, 2.45) is 5.92 Å². The summed E-state index contributed by atoms with van der Waals surface area (Å²) < 4.78 is 8.88. The Balaban J connectivity index is 0. The predicted molar refractivity (Wildman–Crippen MR) is 109 cm³/mol. The van der Waals surface area contributed by atoms with E-state index in [0.717, 1.165) is 25.0 Å². The van der Waals surface area contributed by atoms with Crippen molar-refractivity contribution >= 4 is 7.82 Å². The van der Waals surface area contributed by atoms with Crippen molar-refractivity contribution in [1.29, 1.82) is 0 Å². The van der Waals surface area contributed by atoms with E-state index in [4.69, 9.17) is 24.1 Å². The number of hydrogen-bond acceptors (Lipinski definition) is 10. The van der Waals surface area contributed by atoms with Crippen molar-refractivity contribution in [2.45, 2.75) is 90.9 Å². The summed E-state index contributed by atoms with van der Waals surface area (Å²) in [5, 5.41) is 27.3. The lowest BCUT2D eigenvalue weighted by atomic mass is 10.0. The summed E-state index contributed by atoms with van der Waals surface area (Å²) in [7, 11) is -4.64. The summed E-state index contributed by atoms with van der Waals surface area (Å²) in [6, 6.07) is 0. The van der Waals surface area contributed by atoms with Crippen LogP contribution >= 0.6 is 7.82 Å². The molecule has 0 aliphatic carbocycles. The Labute approximate surface area is 189 Å². The molecule has 194 valence electrons. The van der Waals surface area contributed by atoms with Gasteiger partial charge in [-0.2, -0.15) is 0 Å². The van der Waals surface area contributed by atoms with Crippen molar-refractivity contribution in [2.75, 3.05) is 6.61 Å². The van der Waals surface area contributed by atoms with E-state index in [9.17, 15) is 0 Å². The third-order valence-electron chi connectivity index (χ3n) is 3.83. The highest BCUT2D eigenvalue weighted by Gasteiger charge is 2.00. The largest absolute Gasteiger partial charge is 0.466 e. The highest BCUT2D eigenvalue weighted by molar-refractivity contribution is 7.45.